The molecule has 7 nitrogen and oxygen atoms in total. The molecule has 0 aliphatic rings. The maximum atomic E-state index is 12.0. The van der Waals surface area contributed by atoms with Crippen LogP contribution >= 0.6 is 11.6 Å². The number of amides is 1. The van der Waals surface area contributed by atoms with Gasteiger partial charge in [0.05, 0.1) is 17.9 Å². The van der Waals surface area contributed by atoms with E-state index in [0.717, 1.165) is 0 Å². The van der Waals surface area contributed by atoms with Crippen LogP contribution in [0.4, 0.5) is 5.69 Å². The van der Waals surface area contributed by atoms with Gasteiger partial charge in [0, 0.05) is 16.5 Å². The van der Waals surface area contributed by atoms with Gasteiger partial charge in [0.15, 0.2) is 0 Å². The third-order valence-electron chi connectivity index (χ3n) is 2.90. The van der Waals surface area contributed by atoms with Crippen molar-refractivity contribution in [2.45, 2.75) is 5.75 Å². The van der Waals surface area contributed by atoms with E-state index in [4.69, 9.17) is 25.9 Å². The van der Waals surface area contributed by atoms with Gasteiger partial charge in [-0.05, 0) is 30.3 Å². The van der Waals surface area contributed by atoms with E-state index in [2.05, 4.69) is 5.32 Å². The Bertz CT molecular complexity index is 788. The highest BCUT2D eigenvalue weighted by Gasteiger charge is 2.14. The number of carboxylic acid groups (broad SMARTS) is 1. The summed E-state index contributed by atoms with van der Waals surface area (Å²) in [6.45, 7) is 0. The van der Waals surface area contributed by atoms with Crippen LogP contribution in [-0.4, -0.2) is 34.1 Å². The van der Waals surface area contributed by atoms with Gasteiger partial charge >= 0.3 is 5.97 Å². The molecule has 0 aliphatic heterocycles. The maximum Gasteiger partial charge on any atom is 0.371 e. The fourth-order valence-corrected chi connectivity index (χ4v) is 3.06. The van der Waals surface area contributed by atoms with E-state index in [-0.39, 0.29) is 23.0 Å². The van der Waals surface area contributed by atoms with Crippen LogP contribution in [0.1, 0.15) is 16.3 Å². The number of aromatic carboxylic acids is 1. The average Bonchev–Trinajstić information content (AvgIpc) is 2.95. The van der Waals surface area contributed by atoms with Crippen LogP contribution in [0.3, 0.4) is 0 Å². The largest absolute Gasteiger partial charge is 0.495 e. The summed E-state index contributed by atoms with van der Waals surface area (Å²) >= 11 is 5.96. The Morgan fingerprint density at radius 3 is 2.67 bits per heavy atom. The molecule has 1 amide bonds. The monoisotopic (exact) mass is 371 g/mol. The number of furan rings is 1. The van der Waals surface area contributed by atoms with Gasteiger partial charge in [0.25, 0.3) is 0 Å². The smallest absolute Gasteiger partial charge is 0.371 e. The number of hydrogen-bond acceptors (Lipinski definition) is 5. The summed E-state index contributed by atoms with van der Waals surface area (Å²) in [5.74, 6) is -1.49. The zero-order chi connectivity index (χ0) is 17.7. The molecule has 0 saturated heterocycles. The van der Waals surface area contributed by atoms with E-state index < -0.39 is 22.7 Å². The molecule has 0 radical (unpaired) electrons. The standard InChI is InChI=1S/C15H14ClNO6S/c1-22-12-4-2-9(6-11(12)16)17-14(18)8-24(21)7-10-3-5-13(23-10)15(19)20/h2-6H,7-8H2,1H3,(H,17,18)(H,19,20). The number of benzene rings is 1. The van der Waals surface area contributed by atoms with E-state index in [1.807, 2.05) is 0 Å². The zero-order valence-electron chi connectivity index (χ0n) is 12.6. The van der Waals surface area contributed by atoms with Crippen molar-refractivity contribution in [1.29, 1.82) is 0 Å². The van der Waals surface area contributed by atoms with Crippen molar-refractivity contribution in [2.75, 3.05) is 18.2 Å². The summed E-state index contributed by atoms with van der Waals surface area (Å²) in [5.41, 5.74) is 0.453. The predicted octanol–water partition coefficient (Wildman–Crippen LogP) is 2.53. The van der Waals surface area contributed by atoms with Crippen molar-refractivity contribution in [3.8, 4) is 5.75 Å². The van der Waals surface area contributed by atoms with Crippen LogP contribution < -0.4 is 10.1 Å². The molecule has 9 heteroatoms. The van der Waals surface area contributed by atoms with Crippen molar-refractivity contribution in [3.05, 3.63) is 46.9 Å². The van der Waals surface area contributed by atoms with Crippen LogP contribution in [0.2, 0.25) is 5.02 Å². The van der Waals surface area contributed by atoms with E-state index >= 15 is 0 Å². The summed E-state index contributed by atoms with van der Waals surface area (Å²) < 4.78 is 22.0. The van der Waals surface area contributed by atoms with E-state index in [9.17, 15) is 13.8 Å². The second-order valence-electron chi connectivity index (χ2n) is 4.70. The Kier molecular flexibility index (Phi) is 5.99. The number of halogens is 1. The third-order valence-corrected chi connectivity index (χ3v) is 4.39. The molecule has 0 spiro atoms. The number of anilines is 1. The lowest BCUT2D eigenvalue weighted by molar-refractivity contribution is -0.113. The number of carboxylic acids is 1. The molecule has 2 rings (SSSR count). The Morgan fingerprint density at radius 2 is 2.08 bits per heavy atom. The first-order valence-electron chi connectivity index (χ1n) is 6.69. The first kappa shape index (κ1) is 18.0. The van der Waals surface area contributed by atoms with Crippen molar-refractivity contribution in [2.24, 2.45) is 0 Å². The number of carbonyl (C=O) groups excluding carboxylic acids is 1. The quantitative estimate of drug-likeness (QED) is 0.774. The van der Waals surface area contributed by atoms with Crippen molar-refractivity contribution in [1.82, 2.24) is 0 Å². The first-order chi connectivity index (χ1) is 11.4. The molecular weight excluding hydrogens is 358 g/mol. The van der Waals surface area contributed by atoms with Gasteiger partial charge in [0.1, 0.15) is 17.3 Å². The first-order valence-corrected chi connectivity index (χ1v) is 8.56. The summed E-state index contributed by atoms with van der Waals surface area (Å²) in [6.07, 6.45) is 0. The SMILES string of the molecule is COc1ccc(NC(=O)CS(=O)Cc2ccc(C(=O)O)o2)cc1Cl. The third kappa shape index (κ3) is 4.84. The molecule has 0 bridgehead atoms. The second-order valence-corrected chi connectivity index (χ2v) is 6.56. The molecule has 0 aliphatic carbocycles. The summed E-state index contributed by atoms with van der Waals surface area (Å²) in [6, 6.07) is 7.42. The molecule has 1 aromatic heterocycles. The van der Waals surface area contributed by atoms with Gasteiger partial charge in [0.2, 0.25) is 11.7 Å². The molecule has 2 N–H and O–H groups in total. The summed E-state index contributed by atoms with van der Waals surface area (Å²) in [5, 5.41) is 11.7. The van der Waals surface area contributed by atoms with Crippen molar-refractivity contribution >= 4 is 40.0 Å². The lowest BCUT2D eigenvalue weighted by Crippen LogP contribution is -2.20. The fourth-order valence-electron chi connectivity index (χ4n) is 1.87. The molecular formula is C15H14ClNO6S. The van der Waals surface area contributed by atoms with Crippen molar-refractivity contribution in [3.63, 3.8) is 0 Å². The minimum Gasteiger partial charge on any atom is -0.495 e. The molecule has 1 aromatic carbocycles. The van der Waals surface area contributed by atoms with Crippen LogP contribution in [0.15, 0.2) is 34.7 Å². The highest BCUT2D eigenvalue weighted by Crippen LogP contribution is 2.27. The van der Waals surface area contributed by atoms with Crippen LogP contribution in [0.25, 0.3) is 0 Å². The Labute approximate surface area is 145 Å². The number of methoxy groups -OCH3 is 1. The van der Waals surface area contributed by atoms with Crippen LogP contribution in [0, 0.1) is 0 Å². The number of hydrogen-bond donors (Lipinski definition) is 2. The molecule has 2 aromatic rings. The normalized spacial score (nSPS) is 11.8. The van der Waals surface area contributed by atoms with Gasteiger partial charge in [-0.2, -0.15) is 0 Å². The number of ether oxygens (including phenoxy) is 1. The minimum atomic E-state index is -1.54. The van der Waals surface area contributed by atoms with Gasteiger partial charge < -0.3 is 19.6 Å². The number of rotatable bonds is 7. The molecule has 1 atom stereocenters. The Morgan fingerprint density at radius 1 is 1.33 bits per heavy atom. The summed E-state index contributed by atoms with van der Waals surface area (Å²) in [4.78, 5) is 22.6. The molecule has 0 saturated carbocycles. The topological polar surface area (TPSA) is 106 Å². The summed E-state index contributed by atoms with van der Waals surface area (Å²) in [7, 11) is -0.0632. The van der Waals surface area contributed by atoms with Gasteiger partial charge in [-0.25, -0.2) is 4.79 Å². The Balaban J connectivity index is 1.90. The molecule has 1 unspecified atom stereocenters. The minimum absolute atomic E-state index is 0.0515. The molecule has 128 valence electrons. The van der Waals surface area contributed by atoms with Crippen LogP contribution in [-0.2, 0) is 21.3 Å². The molecule has 0 fully saturated rings. The van der Waals surface area contributed by atoms with Gasteiger partial charge in [-0.15, -0.1) is 0 Å². The maximum absolute atomic E-state index is 12.0. The predicted molar refractivity (Wildman–Crippen MR) is 89.0 cm³/mol. The number of nitrogens with one attached hydrogen (secondary N) is 1. The zero-order valence-corrected chi connectivity index (χ0v) is 14.1. The molecule has 24 heavy (non-hydrogen) atoms. The second kappa shape index (κ2) is 7.98. The van der Waals surface area contributed by atoms with E-state index in [0.29, 0.717) is 16.5 Å². The average molecular weight is 372 g/mol. The highest BCUT2D eigenvalue weighted by molar-refractivity contribution is 7.84. The fraction of sp³-hybridized carbons (Fsp3) is 0.200. The van der Waals surface area contributed by atoms with E-state index in [1.54, 1.807) is 12.1 Å². The lowest BCUT2D eigenvalue weighted by atomic mass is 10.3. The Hall–Kier alpha value is -2.32. The number of carbonyl (C=O) groups is 2. The van der Waals surface area contributed by atoms with E-state index in [1.165, 1.54) is 25.3 Å². The van der Waals surface area contributed by atoms with Gasteiger partial charge in [-0.3, -0.25) is 9.00 Å². The van der Waals surface area contributed by atoms with Gasteiger partial charge in [-0.1, -0.05) is 11.6 Å². The van der Waals surface area contributed by atoms with Crippen molar-refractivity contribution < 1.29 is 28.1 Å². The molecule has 1 heterocycles. The highest BCUT2D eigenvalue weighted by atomic mass is 35.5. The van der Waals surface area contributed by atoms with Crippen LogP contribution in [0.5, 0.6) is 5.75 Å². The lowest BCUT2D eigenvalue weighted by Gasteiger charge is -2.07.